The van der Waals surface area contributed by atoms with Gasteiger partial charge in [-0.25, -0.2) is 26.3 Å². The van der Waals surface area contributed by atoms with Crippen molar-refractivity contribution in [2.75, 3.05) is 0 Å². The summed E-state index contributed by atoms with van der Waals surface area (Å²) >= 11 is 0. The molecule has 0 atom stereocenters. The van der Waals surface area contributed by atoms with Crippen LogP contribution in [0.25, 0.3) is 39.5 Å². The maximum atomic E-state index is 15.2. The van der Waals surface area contributed by atoms with Gasteiger partial charge in [-0.15, -0.1) is 0 Å². The van der Waals surface area contributed by atoms with E-state index in [0.717, 1.165) is 43.4 Å². The Balaban J connectivity index is 1.36. The Morgan fingerprint density at radius 3 is 1.63 bits per heavy atom. The van der Waals surface area contributed by atoms with Crippen molar-refractivity contribution in [3.05, 3.63) is 143 Å². The van der Waals surface area contributed by atoms with Crippen LogP contribution in [0, 0.1) is 34.9 Å². The van der Waals surface area contributed by atoms with E-state index in [4.69, 9.17) is 0 Å². The molecule has 0 saturated heterocycles. The first-order valence-corrected chi connectivity index (χ1v) is 15.0. The van der Waals surface area contributed by atoms with Crippen molar-refractivity contribution in [3.63, 3.8) is 0 Å². The monoisotopic (exact) mass is 688 g/mol. The van der Waals surface area contributed by atoms with E-state index in [1.54, 1.807) is 0 Å². The average molecular weight is 689 g/mol. The number of hydrogen-bond acceptors (Lipinski definition) is 1. The van der Waals surface area contributed by atoms with Gasteiger partial charge in [-0.1, -0.05) is 56.2 Å². The Morgan fingerprint density at radius 2 is 1.10 bits per heavy atom. The Morgan fingerprint density at radius 1 is 0.592 bits per heavy atom. The van der Waals surface area contributed by atoms with Gasteiger partial charge in [0.25, 0.3) is 6.08 Å². The van der Waals surface area contributed by atoms with Gasteiger partial charge >= 0.3 is 6.11 Å². The van der Waals surface area contributed by atoms with Gasteiger partial charge in [0.15, 0.2) is 0 Å². The van der Waals surface area contributed by atoms with Gasteiger partial charge in [-0.3, -0.25) is 0 Å². The van der Waals surface area contributed by atoms with Crippen molar-refractivity contribution in [3.8, 4) is 39.1 Å². The van der Waals surface area contributed by atoms with Gasteiger partial charge in [-0.05, 0) is 83.1 Å². The molecule has 5 aromatic carbocycles. The number of alkyl halides is 2. The van der Waals surface area contributed by atoms with Crippen LogP contribution in [0.3, 0.4) is 0 Å². The molecule has 49 heavy (non-hydrogen) atoms. The molecule has 11 heteroatoms. The molecule has 0 heterocycles. The quantitative estimate of drug-likeness (QED) is 0.0992. The summed E-state index contributed by atoms with van der Waals surface area (Å²) in [4.78, 5) is 0. The van der Waals surface area contributed by atoms with E-state index in [2.05, 4.69) is 11.7 Å². The molecule has 0 saturated carbocycles. The second kappa shape index (κ2) is 14.6. The van der Waals surface area contributed by atoms with E-state index in [9.17, 15) is 22.0 Å². The van der Waals surface area contributed by atoms with E-state index >= 15 is 22.0 Å². The smallest absolute Gasteiger partial charge is 0.429 e. The van der Waals surface area contributed by atoms with Crippen molar-refractivity contribution in [2.45, 2.75) is 38.7 Å². The SMILES string of the molecule is CCCCCc1ccc(-c2ccc(-c3cc(F)c(C(F)(F)Oc4ccc(-c5cc(F)c(C=C(F)F)c(F)c5)c(F)c4)c(F)c3)c(F)c2)cc1. The fourth-order valence-electron chi connectivity index (χ4n) is 5.36. The van der Waals surface area contributed by atoms with Crippen molar-refractivity contribution >= 4 is 6.08 Å². The number of benzene rings is 5. The summed E-state index contributed by atoms with van der Waals surface area (Å²) in [6.45, 7) is 2.11. The van der Waals surface area contributed by atoms with Gasteiger partial charge in [-0.2, -0.15) is 17.6 Å². The normalized spacial score (nSPS) is 11.5. The van der Waals surface area contributed by atoms with Crippen LogP contribution >= 0.6 is 0 Å². The lowest BCUT2D eigenvalue weighted by atomic mass is 9.97. The second-order valence-electron chi connectivity index (χ2n) is 11.2. The first-order chi connectivity index (χ1) is 23.3. The fourth-order valence-corrected chi connectivity index (χ4v) is 5.36. The van der Waals surface area contributed by atoms with Crippen LogP contribution in [0.4, 0.5) is 43.9 Å². The third-order valence-corrected chi connectivity index (χ3v) is 7.80. The van der Waals surface area contributed by atoms with E-state index in [-0.39, 0.29) is 17.2 Å². The van der Waals surface area contributed by atoms with Crippen LogP contribution < -0.4 is 4.74 Å². The van der Waals surface area contributed by atoms with E-state index in [1.165, 1.54) is 18.2 Å². The van der Waals surface area contributed by atoms with Crippen molar-refractivity contribution < 1.29 is 48.6 Å². The predicted molar refractivity (Wildman–Crippen MR) is 167 cm³/mol. The van der Waals surface area contributed by atoms with Crippen LogP contribution in [0.2, 0.25) is 0 Å². The van der Waals surface area contributed by atoms with Crippen LogP contribution in [-0.2, 0) is 12.5 Å². The molecule has 0 aliphatic heterocycles. The molecule has 5 rings (SSSR count). The van der Waals surface area contributed by atoms with E-state index < -0.39 is 75.1 Å². The lowest BCUT2D eigenvalue weighted by Crippen LogP contribution is -2.25. The maximum absolute atomic E-state index is 15.2. The molecule has 0 aromatic heterocycles. The number of ether oxygens (including phenoxy) is 1. The Labute approximate surface area is 275 Å². The Hall–Kier alpha value is -5.06. The molecule has 0 spiro atoms. The number of aryl methyl sites for hydroxylation is 1. The molecule has 0 aliphatic rings. The summed E-state index contributed by atoms with van der Waals surface area (Å²) in [5, 5.41) is 0. The number of unbranched alkanes of at least 4 members (excludes halogenated alkanes) is 2. The highest BCUT2D eigenvalue weighted by Gasteiger charge is 2.41. The van der Waals surface area contributed by atoms with Gasteiger partial charge in [0.05, 0.1) is 5.56 Å². The van der Waals surface area contributed by atoms with Gasteiger partial charge in [0, 0.05) is 23.3 Å². The molecule has 0 bridgehead atoms. The largest absolute Gasteiger partial charge is 0.432 e. The summed E-state index contributed by atoms with van der Waals surface area (Å²) in [6.07, 6.45) is -2.98. The molecule has 0 radical (unpaired) electrons. The number of halogens is 10. The minimum absolute atomic E-state index is 0.0590. The predicted octanol–water partition coefficient (Wildman–Crippen LogP) is 12.6. The van der Waals surface area contributed by atoms with Crippen molar-refractivity contribution in [1.82, 2.24) is 0 Å². The van der Waals surface area contributed by atoms with Crippen molar-refractivity contribution in [1.29, 1.82) is 0 Å². The Bertz CT molecular complexity index is 1970. The molecule has 0 N–H and O–H groups in total. The lowest BCUT2D eigenvalue weighted by molar-refractivity contribution is -0.189. The summed E-state index contributed by atoms with van der Waals surface area (Å²) < 4.78 is 148. The summed E-state index contributed by atoms with van der Waals surface area (Å²) in [6, 6.07) is 15.6. The first-order valence-electron chi connectivity index (χ1n) is 15.0. The topological polar surface area (TPSA) is 9.23 Å². The fraction of sp³-hybridized carbons (Fsp3) is 0.158. The highest BCUT2D eigenvalue weighted by molar-refractivity contribution is 5.72. The van der Waals surface area contributed by atoms with Crippen molar-refractivity contribution in [2.24, 2.45) is 0 Å². The molecule has 0 unspecified atom stereocenters. The molecule has 254 valence electrons. The molecule has 5 aromatic rings. The summed E-state index contributed by atoms with van der Waals surface area (Å²) in [7, 11) is 0. The number of hydrogen-bond donors (Lipinski definition) is 0. The van der Waals surface area contributed by atoms with Gasteiger partial charge in [0.1, 0.15) is 46.2 Å². The van der Waals surface area contributed by atoms with E-state index in [0.29, 0.717) is 41.5 Å². The highest BCUT2D eigenvalue weighted by atomic mass is 19.3. The van der Waals surface area contributed by atoms with Crippen LogP contribution in [0.5, 0.6) is 5.75 Å². The minimum Gasteiger partial charge on any atom is -0.429 e. The van der Waals surface area contributed by atoms with Gasteiger partial charge < -0.3 is 4.74 Å². The highest BCUT2D eigenvalue weighted by Crippen LogP contribution is 2.39. The Kier molecular flexibility index (Phi) is 10.5. The third-order valence-electron chi connectivity index (χ3n) is 7.80. The zero-order valence-corrected chi connectivity index (χ0v) is 25.7. The van der Waals surface area contributed by atoms with Gasteiger partial charge in [0.2, 0.25) is 0 Å². The van der Waals surface area contributed by atoms with E-state index in [1.807, 2.05) is 24.3 Å². The molecule has 0 fully saturated rings. The minimum atomic E-state index is -4.70. The first kappa shape index (κ1) is 35.3. The number of rotatable bonds is 11. The van der Waals surface area contributed by atoms with Crippen LogP contribution in [0.1, 0.15) is 42.9 Å². The second-order valence-corrected chi connectivity index (χ2v) is 11.2. The molecular weight excluding hydrogens is 662 g/mol. The van der Waals surface area contributed by atoms with Crippen LogP contribution in [-0.4, -0.2) is 0 Å². The zero-order valence-electron chi connectivity index (χ0n) is 25.7. The maximum Gasteiger partial charge on any atom is 0.432 e. The summed E-state index contributed by atoms with van der Waals surface area (Å²) in [5.74, 6) is -9.53. The molecule has 1 nitrogen and oxygen atoms in total. The lowest BCUT2D eigenvalue weighted by Gasteiger charge is -2.20. The average Bonchev–Trinajstić information content (AvgIpc) is 3.02. The van der Waals surface area contributed by atoms with Crippen LogP contribution in [0.15, 0.2) is 91.0 Å². The standard InChI is InChI=1S/C38H26F10O/c1-2-3-4-5-21-6-8-22(9-7-21)23-10-12-27(30(39)14-23)25-17-34(43)37(35(44)18-25)38(47,48)49-26-11-13-28(33(42)19-26)24-15-31(40)29(20-36(45)46)32(41)16-24/h6-20H,2-5H2,1H3. The zero-order chi connectivity index (χ0) is 35.5. The molecular formula is C38H26F10O. The molecule has 0 amide bonds. The summed E-state index contributed by atoms with van der Waals surface area (Å²) in [5.41, 5.74) is -2.15. The molecule has 0 aliphatic carbocycles. The third kappa shape index (κ3) is 7.98.